The van der Waals surface area contributed by atoms with Crippen LogP contribution in [0.4, 0.5) is 0 Å². The number of hydrogen-bond acceptors (Lipinski definition) is 3. The van der Waals surface area contributed by atoms with Crippen LogP contribution in [-0.2, 0) is 16.0 Å². The van der Waals surface area contributed by atoms with Crippen molar-refractivity contribution in [1.82, 2.24) is 4.90 Å². The number of likely N-dealkylation sites (N-methyl/N-ethyl adjacent to an activating group) is 1. The van der Waals surface area contributed by atoms with E-state index in [0.29, 0.717) is 6.42 Å². The number of carbonyl (C=O) groups excluding carboxylic acids is 1. The summed E-state index contributed by atoms with van der Waals surface area (Å²) in [5, 5.41) is 9.04. The summed E-state index contributed by atoms with van der Waals surface area (Å²) in [6, 6.07) is 8.64. The number of hydrogen-bond donors (Lipinski definition) is 2. The molecule has 0 fully saturated rings. The molecular formula is C18H27ClN2O3. The summed E-state index contributed by atoms with van der Waals surface area (Å²) in [4.78, 5) is 25.1. The van der Waals surface area contributed by atoms with E-state index in [9.17, 15) is 9.59 Å². The molecule has 1 rings (SSSR count). The van der Waals surface area contributed by atoms with Gasteiger partial charge in [0.2, 0.25) is 5.91 Å². The van der Waals surface area contributed by atoms with Crippen LogP contribution >= 0.6 is 12.4 Å². The fourth-order valence-corrected chi connectivity index (χ4v) is 2.44. The highest BCUT2D eigenvalue weighted by atomic mass is 35.5. The SMILES string of the molecule is CC(=C[C@H](C(C)C)N(C)C(=O)[C@@H](N)Cc1ccccc1)C(=O)O.Cl. The van der Waals surface area contributed by atoms with Gasteiger partial charge in [-0.15, -0.1) is 12.4 Å². The number of nitrogens with two attached hydrogens (primary N) is 1. The van der Waals surface area contributed by atoms with E-state index in [4.69, 9.17) is 10.8 Å². The van der Waals surface area contributed by atoms with Gasteiger partial charge in [-0.1, -0.05) is 50.3 Å². The van der Waals surface area contributed by atoms with Gasteiger partial charge in [-0.25, -0.2) is 4.79 Å². The molecule has 1 amide bonds. The Labute approximate surface area is 149 Å². The smallest absolute Gasteiger partial charge is 0.331 e. The van der Waals surface area contributed by atoms with Crippen molar-refractivity contribution in [2.24, 2.45) is 11.7 Å². The van der Waals surface area contributed by atoms with E-state index in [2.05, 4.69) is 0 Å². The molecule has 1 aromatic rings. The summed E-state index contributed by atoms with van der Waals surface area (Å²) in [5.74, 6) is -1.09. The molecule has 3 N–H and O–H groups in total. The number of benzene rings is 1. The molecule has 0 aromatic heterocycles. The minimum atomic E-state index is -0.981. The molecule has 0 aliphatic rings. The standard InChI is InChI=1S/C18H26N2O3.ClH/c1-12(2)16(10-13(3)18(22)23)20(4)17(21)15(19)11-14-8-6-5-7-9-14;/h5-10,12,15-16H,11,19H2,1-4H3,(H,22,23);1H/t15-,16+;/m0./s1. The Bertz CT molecular complexity index is 573. The molecule has 0 aliphatic carbocycles. The second-order valence-corrected chi connectivity index (χ2v) is 6.13. The van der Waals surface area contributed by atoms with Gasteiger partial charge in [0.25, 0.3) is 0 Å². The largest absolute Gasteiger partial charge is 0.478 e. The number of halogens is 1. The molecule has 0 saturated heterocycles. The van der Waals surface area contributed by atoms with E-state index >= 15 is 0 Å². The average molecular weight is 355 g/mol. The monoisotopic (exact) mass is 354 g/mol. The van der Waals surface area contributed by atoms with Crippen LogP contribution in [0.1, 0.15) is 26.3 Å². The van der Waals surface area contributed by atoms with E-state index in [1.165, 1.54) is 6.92 Å². The highest BCUT2D eigenvalue weighted by Gasteiger charge is 2.26. The zero-order chi connectivity index (χ0) is 17.6. The molecule has 6 heteroatoms. The third kappa shape index (κ3) is 6.34. The summed E-state index contributed by atoms with van der Waals surface area (Å²) in [6.07, 6.45) is 2.07. The molecule has 24 heavy (non-hydrogen) atoms. The first kappa shape index (κ1) is 22.1. The normalized spacial score (nSPS) is 13.8. The number of nitrogens with zero attached hydrogens (tertiary/aromatic N) is 1. The van der Waals surface area contributed by atoms with Crippen LogP contribution in [0.3, 0.4) is 0 Å². The van der Waals surface area contributed by atoms with Gasteiger partial charge in [0.05, 0.1) is 12.1 Å². The van der Waals surface area contributed by atoms with Crippen LogP contribution in [0.25, 0.3) is 0 Å². The lowest BCUT2D eigenvalue weighted by Gasteiger charge is -2.31. The molecule has 0 unspecified atom stereocenters. The summed E-state index contributed by atoms with van der Waals surface area (Å²) in [6.45, 7) is 5.42. The van der Waals surface area contributed by atoms with E-state index in [0.717, 1.165) is 5.56 Å². The van der Waals surface area contributed by atoms with Gasteiger partial charge >= 0.3 is 5.97 Å². The van der Waals surface area contributed by atoms with E-state index in [1.807, 2.05) is 44.2 Å². The molecule has 0 spiro atoms. The van der Waals surface area contributed by atoms with Crippen molar-refractivity contribution < 1.29 is 14.7 Å². The fourth-order valence-electron chi connectivity index (χ4n) is 2.44. The maximum atomic E-state index is 12.6. The van der Waals surface area contributed by atoms with Crippen LogP contribution in [0.2, 0.25) is 0 Å². The van der Waals surface area contributed by atoms with E-state index in [1.54, 1.807) is 18.0 Å². The van der Waals surface area contributed by atoms with Gasteiger partial charge in [-0.3, -0.25) is 4.79 Å². The lowest BCUT2D eigenvalue weighted by Crippen LogP contribution is -2.48. The van der Waals surface area contributed by atoms with Crippen molar-refractivity contribution in [1.29, 1.82) is 0 Å². The van der Waals surface area contributed by atoms with Gasteiger partial charge in [-0.05, 0) is 24.8 Å². The quantitative estimate of drug-likeness (QED) is 0.737. The average Bonchev–Trinajstić information content (AvgIpc) is 2.51. The Kier molecular flexibility index (Phi) is 9.33. The van der Waals surface area contributed by atoms with Crippen molar-refractivity contribution in [2.75, 3.05) is 7.05 Å². The van der Waals surface area contributed by atoms with Crippen molar-refractivity contribution in [3.8, 4) is 0 Å². The molecule has 5 nitrogen and oxygen atoms in total. The summed E-state index contributed by atoms with van der Waals surface area (Å²) in [5.41, 5.74) is 7.27. The number of carboxylic acids is 1. The topological polar surface area (TPSA) is 83.6 Å². The van der Waals surface area contributed by atoms with E-state index < -0.39 is 12.0 Å². The predicted octanol–water partition coefficient (Wildman–Crippen LogP) is 2.49. The lowest BCUT2D eigenvalue weighted by molar-refractivity contribution is -0.134. The maximum Gasteiger partial charge on any atom is 0.331 e. The maximum absolute atomic E-state index is 12.6. The summed E-state index contributed by atoms with van der Waals surface area (Å²) >= 11 is 0. The second-order valence-electron chi connectivity index (χ2n) is 6.13. The Morgan fingerprint density at radius 3 is 2.25 bits per heavy atom. The third-order valence-electron chi connectivity index (χ3n) is 3.85. The predicted molar refractivity (Wildman–Crippen MR) is 98.2 cm³/mol. The summed E-state index contributed by atoms with van der Waals surface area (Å²) < 4.78 is 0. The molecule has 134 valence electrons. The Hall–Kier alpha value is -1.85. The van der Waals surface area contributed by atoms with Crippen LogP contribution in [-0.4, -0.2) is 41.0 Å². The molecule has 0 bridgehead atoms. The van der Waals surface area contributed by atoms with Crippen LogP contribution in [0, 0.1) is 5.92 Å². The number of aliphatic carboxylic acids is 1. The molecule has 0 aliphatic heterocycles. The van der Waals surface area contributed by atoms with Crippen molar-refractivity contribution >= 4 is 24.3 Å². The first-order valence-corrected chi connectivity index (χ1v) is 7.72. The fraction of sp³-hybridized carbons (Fsp3) is 0.444. The van der Waals surface area contributed by atoms with E-state index in [-0.39, 0.29) is 35.8 Å². The Morgan fingerprint density at radius 1 is 1.25 bits per heavy atom. The van der Waals surface area contributed by atoms with Crippen LogP contribution in [0.5, 0.6) is 0 Å². The second kappa shape index (κ2) is 10.1. The van der Waals surface area contributed by atoms with Crippen LogP contribution in [0.15, 0.2) is 42.0 Å². The van der Waals surface area contributed by atoms with Crippen molar-refractivity contribution in [3.05, 3.63) is 47.5 Å². The molecule has 2 atom stereocenters. The first-order chi connectivity index (χ1) is 10.7. The Morgan fingerprint density at radius 2 is 1.79 bits per heavy atom. The van der Waals surface area contributed by atoms with Gasteiger partial charge in [-0.2, -0.15) is 0 Å². The summed E-state index contributed by atoms with van der Waals surface area (Å²) in [7, 11) is 1.67. The van der Waals surface area contributed by atoms with Crippen LogP contribution < -0.4 is 5.73 Å². The number of rotatable bonds is 7. The zero-order valence-corrected chi connectivity index (χ0v) is 15.4. The van der Waals surface area contributed by atoms with Gasteiger partial charge in [0, 0.05) is 12.6 Å². The van der Waals surface area contributed by atoms with Crippen molar-refractivity contribution in [3.63, 3.8) is 0 Å². The first-order valence-electron chi connectivity index (χ1n) is 7.72. The minimum Gasteiger partial charge on any atom is -0.478 e. The zero-order valence-electron chi connectivity index (χ0n) is 14.6. The Balaban J connectivity index is 0.00000529. The minimum absolute atomic E-state index is 0. The molecule has 0 radical (unpaired) electrons. The third-order valence-corrected chi connectivity index (χ3v) is 3.85. The highest BCUT2D eigenvalue weighted by molar-refractivity contribution is 5.86. The highest BCUT2D eigenvalue weighted by Crippen LogP contribution is 2.15. The van der Waals surface area contributed by atoms with Crippen molar-refractivity contribution in [2.45, 2.75) is 39.3 Å². The lowest BCUT2D eigenvalue weighted by atomic mass is 9.98. The molecule has 1 aromatic carbocycles. The molecular weight excluding hydrogens is 328 g/mol. The number of carbonyl (C=O) groups is 2. The van der Waals surface area contributed by atoms with Gasteiger partial charge < -0.3 is 15.7 Å². The molecule has 0 heterocycles. The molecule has 0 saturated carbocycles. The van der Waals surface area contributed by atoms with Gasteiger partial charge in [0.15, 0.2) is 0 Å². The number of amides is 1. The number of carboxylic acid groups (broad SMARTS) is 1. The van der Waals surface area contributed by atoms with Gasteiger partial charge in [0.1, 0.15) is 0 Å².